The predicted octanol–water partition coefficient (Wildman–Crippen LogP) is 5.50. The zero-order chi connectivity index (χ0) is 18.8. The molecule has 1 N–H and O–H groups in total. The van der Waals surface area contributed by atoms with Crippen molar-refractivity contribution in [1.82, 2.24) is 10.2 Å². The van der Waals surface area contributed by atoms with Gasteiger partial charge in [-0.05, 0) is 56.9 Å². The van der Waals surface area contributed by atoms with Crippen molar-refractivity contribution in [3.63, 3.8) is 0 Å². The lowest BCUT2D eigenvalue weighted by atomic mass is 10.2. The third-order valence-corrected chi connectivity index (χ3v) is 5.26. The van der Waals surface area contributed by atoms with Crippen LogP contribution in [0.3, 0.4) is 0 Å². The average Bonchev–Trinajstić information content (AvgIpc) is 2.65. The minimum Gasteiger partial charge on any atom is -0.489 e. The maximum absolute atomic E-state index is 6.22. The molecule has 0 atom stereocenters. The molecule has 0 unspecified atom stereocenters. The summed E-state index contributed by atoms with van der Waals surface area (Å²) in [4.78, 5) is 2.44. The van der Waals surface area contributed by atoms with Gasteiger partial charge in [0.05, 0.1) is 0 Å². The SMILES string of the molecule is CCN(CC)CCCNCc1cc(Br)ccc1OCc1ccccc1Cl. The fraction of sp³-hybridized carbons (Fsp3) is 0.429. The van der Waals surface area contributed by atoms with Gasteiger partial charge in [0.15, 0.2) is 0 Å². The van der Waals surface area contributed by atoms with Crippen LogP contribution < -0.4 is 10.1 Å². The van der Waals surface area contributed by atoms with E-state index in [-0.39, 0.29) is 0 Å². The second-order valence-electron chi connectivity index (χ2n) is 6.19. The molecule has 0 radical (unpaired) electrons. The van der Waals surface area contributed by atoms with E-state index < -0.39 is 0 Å². The molecule has 0 saturated carbocycles. The third-order valence-electron chi connectivity index (χ3n) is 4.40. The second kappa shape index (κ2) is 11.6. The van der Waals surface area contributed by atoms with Gasteiger partial charge >= 0.3 is 0 Å². The van der Waals surface area contributed by atoms with Crippen molar-refractivity contribution in [3.05, 3.63) is 63.1 Å². The first-order valence-corrected chi connectivity index (χ1v) is 10.4. The number of nitrogens with one attached hydrogen (secondary N) is 1. The summed E-state index contributed by atoms with van der Waals surface area (Å²) in [6.07, 6.45) is 1.14. The standard InChI is InChI=1S/C21H28BrClN2O/c1-3-25(4-2)13-7-12-24-15-18-14-19(22)10-11-21(18)26-16-17-8-5-6-9-20(17)23/h5-6,8-11,14,24H,3-4,7,12-13,15-16H2,1-2H3. The maximum atomic E-state index is 6.22. The van der Waals surface area contributed by atoms with Gasteiger partial charge in [0.25, 0.3) is 0 Å². The van der Waals surface area contributed by atoms with E-state index in [0.717, 1.165) is 65.5 Å². The van der Waals surface area contributed by atoms with Gasteiger partial charge < -0.3 is 15.0 Å². The van der Waals surface area contributed by atoms with Crippen LogP contribution >= 0.6 is 27.5 Å². The van der Waals surface area contributed by atoms with Crippen LogP contribution in [0.5, 0.6) is 5.75 Å². The molecular formula is C21H28BrClN2O. The molecule has 0 fully saturated rings. The Morgan fingerprint density at radius 3 is 2.58 bits per heavy atom. The molecule has 0 bridgehead atoms. The number of halogens is 2. The summed E-state index contributed by atoms with van der Waals surface area (Å²) >= 11 is 9.77. The minimum absolute atomic E-state index is 0.469. The molecule has 3 nitrogen and oxygen atoms in total. The van der Waals surface area contributed by atoms with Crippen molar-refractivity contribution in [3.8, 4) is 5.75 Å². The highest BCUT2D eigenvalue weighted by atomic mass is 79.9. The highest BCUT2D eigenvalue weighted by Crippen LogP contribution is 2.25. The highest BCUT2D eigenvalue weighted by molar-refractivity contribution is 9.10. The lowest BCUT2D eigenvalue weighted by molar-refractivity contribution is 0.295. The Hall–Kier alpha value is -1.07. The van der Waals surface area contributed by atoms with Gasteiger partial charge in [0.2, 0.25) is 0 Å². The molecule has 0 aliphatic carbocycles. The quantitative estimate of drug-likeness (QED) is 0.468. The summed E-state index contributed by atoms with van der Waals surface area (Å²) in [6, 6.07) is 13.9. The van der Waals surface area contributed by atoms with Gasteiger partial charge in [0, 0.05) is 27.2 Å². The Labute approximate surface area is 170 Å². The summed E-state index contributed by atoms with van der Waals surface area (Å²) in [5.74, 6) is 0.893. The van der Waals surface area contributed by atoms with E-state index in [9.17, 15) is 0 Å². The van der Waals surface area contributed by atoms with Gasteiger partial charge in [-0.1, -0.05) is 59.6 Å². The van der Waals surface area contributed by atoms with Gasteiger partial charge in [-0.15, -0.1) is 0 Å². The normalized spacial score (nSPS) is 11.1. The zero-order valence-electron chi connectivity index (χ0n) is 15.6. The van der Waals surface area contributed by atoms with E-state index in [1.54, 1.807) is 0 Å². The molecule has 0 aromatic heterocycles. The van der Waals surface area contributed by atoms with E-state index in [2.05, 4.69) is 46.1 Å². The van der Waals surface area contributed by atoms with Crippen LogP contribution in [-0.2, 0) is 13.2 Å². The lowest BCUT2D eigenvalue weighted by Gasteiger charge is -2.18. The lowest BCUT2D eigenvalue weighted by Crippen LogP contribution is -2.27. The monoisotopic (exact) mass is 438 g/mol. The summed E-state index contributed by atoms with van der Waals surface area (Å²) in [5, 5.41) is 4.27. The first-order chi connectivity index (χ1) is 12.6. The summed E-state index contributed by atoms with van der Waals surface area (Å²) < 4.78 is 7.09. The third kappa shape index (κ3) is 6.92. The Balaban J connectivity index is 1.87. The van der Waals surface area contributed by atoms with Crippen LogP contribution in [0.15, 0.2) is 46.9 Å². The number of rotatable bonds is 11. The Morgan fingerprint density at radius 1 is 1.08 bits per heavy atom. The fourth-order valence-corrected chi connectivity index (χ4v) is 3.39. The summed E-state index contributed by atoms with van der Waals surface area (Å²) in [5.41, 5.74) is 2.14. The first kappa shape index (κ1) is 21.2. The minimum atomic E-state index is 0.469. The van der Waals surface area contributed by atoms with Crippen LogP contribution in [0.4, 0.5) is 0 Å². The molecule has 0 saturated heterocycles. The van der Waals surface area contributed by atoms with Crippen LogP contribution in [-0.4, -0.2) is 31.1 Å². The molecule has 0 heterocycles. The van der Waals surface area contributed by atoms with E-state index in [1.165, 1.54) is 0 Å². The van der Waals surface area contributed by atoms with Crippen LogP contribution in [0.25, 0.3) is 0 Å². The van der Waals surface area contributed by atoms with Gasteiger partial charge in [-0.3, -0.25) is 0 Å². The summed E-state index contributed by atoms with van der Waals surface area (Å²) in [6.45, 7) is 10.0. The van der Waals surface area contributed by atoms with Crippen LogP contribution in [0, 0.1) is 0 Å². The summed E-state index contributed by atoms with van der Waals surface area (Å²) in [7, 11) is 0. The number of hydrogen-bond donors (Lipinski definition) is 1. The maximum Gasteiger partial charge on any atom is 0.124 e. The molecule has 0 aliphatic rings. The zero-order valence-corrected chi connectivity index (χ0v) is 17.9. The van der Waals surface area contributed by atoms with Crippen molar-refractivity contribution in [2.45, 2.75) is 33.4 Å². The molecule has 0 aliphatic heterocycles. The van der Waals surface area contributed by atoms with Gasteiger partial charge in [0.1, 0.15) is 12.4 Å². The molecule has 5 heteroatoms. The topological polar surface area (TPSA) is 24.5 Å². The van der Waals surface area contributed by atoms with Gasteiger partial charge in [-0.2, -0.15) is 0 Å². The van der Waals surface area contributed by atoms with E-state index >= 15 is 0 Å². The molecule has 0 spiro atoms. The Kier molecular flexibility index (Phi) is 9.48. The smallest absolute Gasteiger partial charge is 0.124 e. The molecule has 142 valence electrons. The Bertz CT molecular complexity index is 677. The molecule has 26 heavy (non-hydrogen) atoms. The molecule has 2 aromatic carbocycles. The van der Waals surface area contributed by atoms with Gasteiger partial charge in [-0.25, -0.2) is 0 Å². The number of benzene rings is 2. The van der Waals surface area contributed by atoms with Crippen LogP contribution in [0.1, 0.15) is 31.4 Å². The fourth-order valence-electron chi connectivity index (χ4n) is 2.79. The second-order valence-corrected chi connectivity index (χ2v) is 7.51. The number of hydrogen-bond acceptors (Lipinski definition) is 3. The van der Waals surface area contributed by atoms with E-state index in [4.69, 9.17) is 16.3 Å². The highest BCUT2D eigenvalue weighted by Gasteiger charge is 2.07. The van der Waals surface area contributed by atoms with Crippen molar-refractivity contribution >= 4 is 27.5 Å². The molecular weight excluding hydrogens is 412 g/mol. The number of ether oxygens (including phenoxy) is 1. The molecule has 2 rings (SSSR count). The van der Waals surface area contributed by atoms with E-state index in [0.29, 0.717) is 6.61 Å². The van der Waals surface area contributed by atoms with Crippen molar-refractivity contribution in [2.24, 2.45) is 0 Å². The van der Waals surface area contributed by atoms with Crippen LogP contribution in [0.2, 0.25) is 5.02 Å². The predicted molar refractivity (Wildman–Crippen MR) is 114 cm³/mol. The average molecular weight is 440 g/mol. The largest absolute Gasteiger partial charge is 0.489 e. The molecule has 0 amide bonds. The Morgan fingerprint density at radius 2 is 1.85 bits per heavy atom. The van der Waals surface area contributed by atoms with E-state index in [1.807, 2.05) is 36.4 Å². The first-order valence-electron chi connectivity index (χ1n) is 9.21. The van der Waals surface area contributed by atoms with Crippen molar-refractivity contribution in [2.75, 3.05) is 26.2 Å². The number of nitrogens with zero attached hydrogens (tertiary/aromatic N) is 1. The van der Waals surface area contributed by atoms with Crippen molar-refractivity contribution in [1.29, 1.82) is 0 Å². The molecule has 2 aromatic rings. The van der Waals surface area contributed by atoms with Crippen molar-refractivity contribution < 1.29 is 4.74 Å².